The van der Waals surface area contributed by atoms with E-state index in [4.69, 9.17) is 5.11 Å². The Morgan fingerprint density at radius 2 is 1.64 bits per heavy atom. The van der Waals surface area contributed by atoms with Crippen LogP contribution in [0.4, 0.5) is 0 Å². The summed E-state index contributed by atoms with van der Waals surface area (Å²) in [7, 11) is 0. The van der Waals surface area contributed by atoms with Gasteiger partial charge in [0.1, 0.15) is 0 Å². The Hall–Kier alpha value is -1.26. The van der Waals surface area contributed by atoms with Gasteiger partial charge >= 0.3 is 0 Å². The monoisotopic (exact) mass is 148 g/mol. The van der Waals surface area contributed by atoms with Crippen molar-refractivity contribution < 1.29 is 5.11 Å². The molecule has 0 saturated carbocycles. The van der Waals surface area contributed by atoms with Gasteiger partial charge in [-0.15, -0.1) is 12.8 Å². The molecule has 58 valence electrons. The summed E-state index contributed by atoms with van der Waals surface area (Å²) in [6, 6.07) is 9.95. The second-order valence-corrected chi connectivity index (χ2v) is 1.96. The van der Waals surface area contributed by atoms with E-state index in [1.54, 1.807) is 0 Å². The molecule has 0 aliphatic carbocycles. The number of benzene rings is 1. The van der Waals surface area contributed by atoms with Crippen LogP contribution >= 0.6 is 0 Å². The van der Waals surface area contributed by atoms with E-state index in [1.807, 2.05) is 30.3 Å². The van der Waals surface area contributed by atoms with Crippen LogP contribution in [-0.2, 0) is 6.42 Å². The molecule has 0 fully saturated rings. The second kappa shape index (κ2) is 6.85. The van der Waals surface area contributed by atoms with Gasteiger partial charge < -0.3 is 5.11 Å². The summed E-state index contributed by atoms with van der Waals surface area (Å²) >= 11 is 0. The maximum atomic E-state index is 8.52. The van der Waals surface area contributed by atoms with E-state index in [-0.39, 0.29) is 6.61 Å². The van der Waals surface area contributed by atoms with Gasteiger partial charge in [-0.05, 0) is 12.0 Å². The third-order valence-corrected chi connectivity index (χ3v) is 1.24. The van der Waals surface area contributed by atoms with E-state index in [0.29, 0.717) is 0 Å². The molecule has 1 rings (SSSR count). The predicted molar refractivity (Wildman–Crippen MR) is 47.1 cm³/mol. The van der Waals surface area contributed by atoms with Gasteiger partial charge in [-0.3, -0.25) is 0 Å². The first-order chi connectivity index (χ1) is 5.43. The van der Waals surface area contributed by atoms with Crippen LogP contribution in [0.5, 0.6) is 0 Å². The average Bonchev–Trinajstić information content (AvgIpc) is 2.11. The zero-order valence-corrected chi connectivity index (χ0v) is 6.40. The van der Waals surface area contributed by atoms with Crippen LogP contribution < -0.4 is 0 Å². The third-order valence-electron chi connectivity index (χ3n) is 1.24. The molecule has 0 aliphatic heterocycles. The molecule has 11 heavy (non-hydrogen) atoms. The maximum Gasteiger partial charge on any atom is 0.0471 e. The second-order valence-electron chi connectivity index (χ2n) is 1.96. The lowest BCUT2D eigenvalue weighted by Crippen LogP contribution is -1.88. The Morgan fingerprint density at radius 1 is 1.09 bits per heavy atom. The molecule has 0 heterocycles. The molecule has 0 atom stereocenters. The van der Waals surface area contributed by atoms with Crippen molar-refractivity contribution >= 4 is 0 Å². The summed E-state index contributed by atoms with van der Waals surface area (Å²) in [5.41, 5.74) is 1.19. The van der Waals surface area contributed by atoms with Gasteiger partial charge in [0.25, 0.3) is 0 Å². The molecule has 0 bridgehead atoms. The average molecular weight is 148 g/mol. The van der Waals surface area contributed by atoms with Crippen molar-refractivity contribution in [3.05, 3.63) is 35.9 Å². The smallest absolute Gasteiger partial charge is 0.0471 e. The van der Waals surface area contributed by atoms with Gasteiger partial charge in [0.05, 0.1) is 0 Å². The minimum absolute atomic E-state index is 0.240. The molecule has 0 amide bonds. The molecule has 0 aliphatic rings. The number of aliphatic hydroxyl groups is 1. The van der Waals surface area contributed by atoms with E-state index in [1.165, 1.54) is 5.56 Å². The zero-order valence-electron chi connectivity index (χ0n) is 6.40. The molecule has 1 aromatic carbocycles. The lowest BCUT2D eigenvalue weighted by atomic mass is 10.2. The van der Waals surface area contributed by atoms with Gasteiger partial charge in [-0.2, -0.15) is 0 Å². The summed E-state index contributed by atoms with van der Waals surface area (Å²) in [6.45, 7) is 0.240. The van der Waals surface area contributed by atoms with Crippen molar-refractivity contribution in [2.75, 3.05) is 6.61 Å². The normalized spacial score (nSPS) is 7.91. The number of rotatable bonds is 2. The summed E-state index contributed by atoms with van der Waals surface area (Å²) < 4.78 is 0. The van der Waals surface area contributed by atoms with E-state index in [2.05, 4.69) is 12.8 Å². The number of hydrogen-bond donors (Lipinski definition) is 1. The quantitative estimate of drug-likeness (QED) is 0.630. The highest BCUT2D eigenvalue weighted by molar-refractivity contribution is 5.14. The molecule has 1 heteroatoms. The lowest BCUT2D eigenvalue weighted by Gasteiger charge is -1.93. The number of hydrogen-bond acceptors (Lipinski definition) is 1. The van der Waals surface area contributed by atoms with Crippen molar-refractivity contribution in [2.45, 2.75) is 6.42 Å². The fraction of sp³-hybridized carbons (Fsp3) is 0.200. The van der Waals surface area contributed by atoms with Gasteiger partial charge in [0, 0.05) is 6.61 Å². The van der Waals surface area contributed by atoms with E-state index in [9.17, 15) is 0 Å². The zero-order chi connectivity index (χ0) is 8.53. The van der Waals surface area contributed by atoms with Crippen LogP contribution in [0.2, 0.25) is 0 Å². The van der Waals surface area contributed by atoms with Crippen LogP contribution in [0, 0.1) is 12.8 Å². The van der Waals surface area contributed by atoms with E-state index in [0.717, 1.165) is 6.42 Å². The Morgan fingerprint density at radius 3 is 2.09 bits per heavy atom. The summed E-state index contributed by atoms with van der Waals surface area (Å²) in [4.78, 5) is 0. The maximum absolute atomic E-state index is 8.52. The fourth-order valence-electron chi connectivity index (χ4n) is 0.774. The van der Waals surface area contributed by atoms with Crippen molar-refractivity contribution in [1.82, 2.24) is 0 Å². The van der Waals surface area contributed by atoms with Crippen LogP contribution in [0.25, 0.3) is 0 Å². The number of aliphatic hydroxyl groups excluding tert-OH is 1. The first kappa shape index (κ1) is 9.74. The van der Waals surface area contributed by atoms with E-state index < -0.39 is 0 Å². The van der Waals surface area contributed by atoms with Crippen molar-refractivity contribution in [2.24, 2.45) is 0 Å². The third kappa shape index (κ3) is 4.19. The molecule has 0 spiro atoms. The summed E-state index contributed by atoms with van der Waals surface area (Å²) in [6.07, 6.45) is 8.76. The van der Waals surface area contributed by atoms with Gasteiger partial charge in [0.15, 0.2) is 0 Å². The van der Waals surface area contributed by atoms with Crippen LogP contribution in [-0.4, -0.2) is 11.7 Å². The van der Waals surface area contributed by atoms with Crippen LogP contribution in [0.1, 0.15) is 5.56 Å². The summed E-state index contributed by atoms with van der Waals surface area (Å²) in [5.74, 6) is 0. The van der Waals surface area contributed by atoms with Gasteiger partial charge in [-0.25, -0.2) is 0 Å². The minimum atomic E-state index is 0.240. The molecular formula is C10H12O. The highest BCUT2D eigenvalue weighted by Crippen LogP contribution is 1.97. The largest absolute Gasteiger partial charge is 0.396 e. The molecule has 0 unspecified atom stereocenters. The lowest BCUT2D eigenvalue weighted by molar-refractivity contribution is 0.299. The minimum Gasteiger partial charge on any atom is -0.396 e. The Kier molecular flexibility index (Phi) is 6.07. The molecule has 1 nitrogen and oxygen atoms in total. The first-order valence-corrected chi connectivity index (χ1v) is 3.41. The SMILES string of the molecule is C#C.OCCc1ccccc1. The Labute approximate surface area is 67.7 Å². The highest BCUT2D eigenvalue weighted by Gasteiger charge is 1.85. The first-order valence-electron chi connectivity index (χ1n) is 3.41. The van der Waals surface area contributed by atoms with Gasteiger partial charge in [-0.1, -0.05) is 30.3 Å². The number of terminal acetylenes is 1. The fourth-order valence-corrected chi connectivity index (χ4v) is 0.774. The predicted octanol–water partition coefficient (Wildman–Crippen LogP) is 1.47. The van der Waals surface area contributed by atoms with Crippen molar-refractivity contribution in [3.8, 4) is 12.8 Å². The summed E-state index contributed by atoms with van der Waals surface area (Å²) in [5, 5.41) is 8.52. The van der Waals surface area contributed by atoms with Crippen LogP contribution in [0.3, 0.4) is 0 Å². The molecule has 0 aromatic heterocycles. The molecule has 0 saturated heterocycles. The standard InChI is InChI=1S/C8H10O.C2H2/c9-7-6-8-4-2-1-3-5-8;1-2/h1-5,9H,6-7H2;1-2H. The Bertz CT molecular complexity index is 189. The molecular weight excluding hydrogens is 136 g/mol. The molecule has 1 aromatic rings. The van der Waals surface area contributed by atoms with Crippen molar-refractivity contribution in [3.63, 3.8) is 0 Å². The molecule has 0 radical (unpaired) electrons. The topological polar surface area (TPSA) is 20.2 Å². The van der Waals surface area contributed by atoms with Gasteiger partial charge in [0.2, 0.25) is 0 Å². The van der Waals surface area contributed by atoms with Crippen molar-refractivity contribution in [1.29, 1.82) is 0 Å². The molecule has 1 N–H and O–H groups in total. The highest BCUT2D eigenvalue weighted by atomic mass is 16.2. The Balaban J connectivity index is 0.000000461. The van der Waals surface area contributed by atoms with E-state index >= 15 is 0 Å². The van der Waals surface area contributed by atoms with Crippen LogP contribution in [0.15, 0.2) is 30.3 Å².